The van der Waals surface area contributed by atoms with Crippen molar-refractivity contribution in [1.29, 1.82) is 0 Å². The molecule has 2 aromatic rings. The van der Waals surface area contributed by atoms with Crippen LogP contribution in [0.2, 0.25) is 0 Å². The Kier molecular flexibility index (Phi) is 7.06. The largest absolute Gasteiger partial charge is 0.416 e. The Morgan fingerprint density at radius 1 is 0.742 bits per heavy atom. The Bertz CT molecular complexity index is 855. The van der Waals surface area contributed by atoms with E-state index < -0.39 is 35.7 Å². The fraction of sp³-hybridized carbons (Fsp3) is 0.409. The zero-order chi connectivity index (χ0) is 22.6. The number of carbonyl (C=O) groups is 1. The maximum atomic E-state index is 13.0. The van der Waals surface area contributed by atoms with Gasteiger partial charge in [0.15, 0.2) is 5.78 Å². The number of ketones is 1. The molecule has 1 aliphatic heterocycles. The van der Waals surface area contributed by atoms with Crippen LogP contribution < -0.4 is 0 Å². The predicted molar refractivity (Wildman–Crippen MR) is 103 cm³/mol. The molecule has 0 atom stereocenters. The van der Waals surface area contributed by atoms with Crippen molar-refractivity contribution in [2.24, 2.45) is 0 Å². The van der Waals surface area contributed by atoms with Gasteiger partial charge in [-0.2, -0.15) is 26.3 Å². The highest BCUT2D eigenvalue weighted by molar-refractivity contribution is 5.83. The third-order valence-electron chi connectivity index (χ3n) is 5.16. The Hall–Kier alpha value is -2.39. The minimum atomic E-state index is -4.92. The van der Waals surface area contributed by atoms with Crippen LogP contribution in [0.1, 0.15) is 22.3 Å². The van der Waals surface area contributed by atoms with Gasteiger partial charge in [0, 0.05) is 39.1 Å². The molecule has 3 nitrogen and oxygen atoms in total. The summed E-state index contributed by atoms with van der Waals surface area (Å²) in [6, 6.07) is 11.2. The first kappa shape index (κ1) is 23.3. The van der Waals surface area contributed by atoms with Crippen LogP contribution in [-0.4, -0.2) is 48.3 Å². The van der Waals surface area contributed by atoms with Crippen molar-refractivity contribution in [2.45, 2.75) is 25.3 Å². The zero-order valence-corrected chi connectivity index (χ0v) is 16.6. The third kappa shape index (κ3) is 6.80. The minimum Gasteiger partial charge on any atom is -0.298 e. The molecular formula is C22H22F6N2O. The lowest BCUT2D eigenvalue weighted by atomic mass is 10.0. The van der Waals surface area contributed by atoms with Crippen molar-refractivity contribution in [3.05, 3.63) is 70.8 Å². The van der Waals surface area contributed by atoms with E-state index in [9.17, 15) is 31.1 Å². The van der Waals surface area contributed by atoms with Crippen molar-refractivity contribution in [3.63, 3.8) is 0 Å². The quantitative estimate of drug-likeness (QED) is 0.606. The Morgan fingerprint density at radius 3 is 1.77 bits per heavy atom. The monoisotopic (exact) mass is 444 g/mol. The van der Waals surface area contributed by atoms with Crippen LogP contribution in [0.4, 0.5) is 26.3 Å². The standard InChI is InChI=1S/C22H22F6N2O/c23-21(24,25)18-10-17(11-19(13-18)22(26,27)28)12-20(31)15-30-8-6-29(7-9-30)14-16-4-2-1-3-5-16/h1-5,10-11,13H,6-9,12,14-15H2. The summed E-state index contributed by atoms with van der Waals surface area (Å²) in [6.07, 6.45) is -10.3. The number of halogens is 6. The van der Waals surface area contributed by atoms with Gasteiger partial charge in [-0.05, 0) is 29.3 Å². The fourth-order valence-corrected chi connectivity index (χ4v) is 3.60. The van der Waals surface area contributed by atoms with Crippen molar-refractivity contribution < 1.29 is 31.1 Å². The molecule has 3 rings (SSSR count). The summed E-state index contributed by atoms with van der Waals surface area (Å²) in [5.74, 6) is -0.413. The van der Waals surface area contributed by atoms with Crippen molar-refractivity contribution in [3.8, 4) is 0 Å². The highest BCUT2D eigenvalue weighted by Crippen LogP contribution is 2.36. The first-order valence-electron chi connectivity index (χ1n) is 9.79. The van der Waals surface area contributed by atoms with E-state index in [0.717, 1.165) is 19.6 Å². The van der Waals surface area contributed by atoms with E-state index in [1.54, 1.807) is 0 Å². The highest BCUT2D eigenvalue weighted by atomic mass is 19.4. The highest BCUT2D eigenvalue weighted by Gasteiger charge is 2.37. The van der Waals surface area contributed by atoms with Gasteiger partial charge in [-0.25, -0.2) is 0 Å². The molecule has 0 bridgehead atoms. The average Bonchev–Trinajstić information content (AvgIpc) is 2.68. The molecule has 0 spiro atoms. The topological polar surface area (TPSA) is 23.6 Å². The van der Waals surface area contributed by atoms with Crippen LogP contribution >= 0.6 is 0 Å². The van der Waals surface area contributed by atoms with Gasteiger partial charge >= 0.3 is 12.4 Å². The number of Topliss-reactive ketones (excluding diaryl/α,β-unsaturated/α-hetero) is 1. The van der Waals surface area contributed by atoms with Gasteiger partial charge in [-0.1, -0.05) is 30.3 Å². The number of rotatable bonds is 6. The normalized spacial score (nSPS) is 16.5. The van der Waals surface area contributed by atoms with E-state index >= 15 is 0 Å². The number of alkyl halides is 6. The van der Waals surface area contributed by atoms with Crippen LogP contribution in [0.5, 0.6) is 0 Å². The molecule has 31 heavy (non-hydrogen) atoms. The second kappa shape index (κ2) is 9.40. The number of hydrogen-bond donors (Lipinski definition) is 0. The first-order chi connectivity index (χ1) is 14.5. The summed E-state index contributed by atoms with van der Waals surface area (Å²) in [5, 5.41) is 0. The van der Waals surface area contributed by atoms with Crippen LogP contribution in [0.15, 0.2) is 48.5 Å². The molecule has 1 saturated heterocycles. The van der Waals surface area contributed by atoms with Gasteiger partial charge in [-0.15, -0.1) is 0 Å². The molecule has 0 saturated carbocycles. The molecule has 0 amide bonds. The maximum Gasteiger partial charge on any atom is 0.416 e. The number of benzene rings is 2. The molecule has 1 fully saturated rings. The Balaban J connectivity index is 1.57. The van der Waals surface area contributed by atoms with Crippen LogP contribution in [0.3, 0.4) is 0 Å². The molecular weight excluding hydrogens is 422 g/mol. The van der Waals surface area contributed by atoms with E-state index in [-0.39, 0.29) is 18.2 Å². The Morgan fingerprint density at radius 2 is 1.26 bits per heavy atom. The van der Waals surface area contributed by atoms with Crippen molar-refractivity contribution in [2.75, 3.05) is 32.7 Å². The van der Waals surface area contributed by atoms with Gasteiger partial charge in [-0.3, -0.25) is 14.6 Å². The lowest BCUT2D eigenvalue weighted by Gasteiger charge is -2.34. The minimum absolute atomic E-state index is 0.00320. The molecule has 0 aromatic heterocycles. The summed E-state index contributed by atoms with van der Waals surface area (Å²) in [7, 11) is 0. The van der Waals surface area contributed by atoms with E-state index in [0.29, 0.717) is 25.2 Å². The molecule has 0 unspecified atom stereocenters. The predicted octanol–water partition coefficient (Wildman–Crippen LogP) is 4.65. The van der Waals surface area contributed by atoms with Gasteiger partial charge in [0.25, 0.3) is 0 Å². The first-order valence-corrected chi connectivity index (χ1v) is 9.79. The SMILES string of the molecule is O=C(Cc1cc(C(F)(F)F)cc(C(F)(F)F)c1)CN1CCN(Cc2ccccc2)CC1. The van der Waals surface area contributed by atoms with Gasteiger partial charge in [0.05, 0.1) is 17.7 Å². The molecule has 9 heteroatoms. The van der Waals surface area contributed by atoms with E-state index in [1.807, 2.05) is 35.2 Å². The van der Waals surface area contributed by atoms with Crippen molar-refractivity contribution in [1.82, 2.24) is 9.80 Å². The smallest absolute Gasteiger partial charge is 0.298 e. The summed E-state index contributed by atoms with van der Waals surface area (Å²) >= 11 is 0. The summed E-state index contributed by atoms with van der Waals surface area (Å²) in [6.45, 7) is 3.45. The number of nitrogens with zero attached hydrogens (tertiary/aromatic N) is 2. The number of hydrogen-bond acceptors (Lipinski definition) is 3. The fourth-order valence-electron chi connectivity index (χ4n) is 3.60. The second-order valence-corrected chi connectivity index (χ2v) is 7.67. The molecule has 1 heterocycles. The molecule has 1 aliphatic rings. The zero-order valence-electron chi connectivity index (χ0n) is 16.6. The number of piperazine rings is 1. The lowest BCUT2D eigenvalue weighted by molar-refractivity contribution is -0.143. The van der Waals surface area contributed by atoms with E-state index in [4.69, 9.17) is 0 Å². The number of carbonyl (C=O) groups excluding carboxylic acids is 1. The third-order valence-corrected chi connectivity index (χ3v) is 5.16. The van der Waals surface area contributed by atoms with Gasteiger partial charge in [0.2, 0.25) is 0 Å². The molecule has 2 aromatic carbocycles. The summed E-state index contributed by atoms with van der Waals surface area (Å²) in [4.78, 5) is 16.5. The van der Waals surface area contributed by atoms with E-state index in [2.05, 4.69) is 4.90 Å². The van der Waals surface area contributed by atoms with Gasteiger partial charge in [0.1, 0.15) is 0 Å². The molecule has 0 radical (unpaired) electrons. The van der Waals surface area contributed by atoms with Crippen LogP contribution in [0, 0.1) is 0 Å². The van der Waals surface area contributed by atoms with Crippen molar-refractivity contribution >= 4 is 5.78 Å². The lowest BCUT2D eigenvalue weighted by Crippen LogP contribution is -2.47. The summed E-state index contributed by atoms with van der Waals surface area (Å²) in [5.41, 5.74) is -1.91. The second-order valence-electron chi connectivity index (χ2n) is 7.67. The molecule has 0 aliphatic carbocycles. The molecule has 168 valence electrons. The van der Waals surface area contributed by atoms with Crippen LogP contribution in [-0.2, 0) is 30.1 Å². The van der Waals surface area contributed by atoms with Crippen LogP contribution in [0.25, 0.3) is 0 Å². The average molecular weight is 444 g/mol. The summed E-state index contributed by atoms with van der Waals surface area (Å²) < 4.78 is 77.8. The van der Waals surface area contributed by atoms with E-state index in [1.165, 1.54) is 5.56 Å². The maximum absolute atomic E-state index is 13.0. The molecule has 0 N–H and O–H groups in total. The van der Waals surface area contributed by atoms with Gasteiger partial charge < -0.3 is 0 Å². The Labute approximate surface area is 176 Å².